The first-order chi connectivity index (χ1) is 15.8. The molecule has 33 heavy (non-hydrogen) atoms. The molecule has 1 aromatic rings. The summed E-state index contributed by atoms with van der Waals surface area (Å²) in [5.41, 5.74) is 2.53. The summed E-state index contributed by atoms with van der Waals surface area (Å²) in [5.74, 6) is -2.61. The lowest BCUT2D eigenvalue weighted by atomic mass is 9.69. The highest BCUT2D eigenvalue weighted by Gasteiger charge is 2.48. The summed E-state index contributed by atoms with van der Waals surface area (Å²) in [6, 6.07) is 5.31. The Balaban J connectivity index is 2.26. The Bertz CT molecular complexity index is 1020. The van der Waals surface area contributed by atoms with E-state index in [4.69, 9.17) is 18.9 Å². The molecule has 8 nitrogen and oxygen atoms in total. The lowest BCUT2D eigenvalue weighted by Crippen LogP contribution is -2.43. The predicted octanol–water partition coefficient (Wildman–Crippen LogP) is 3.27. The Morgan fingerprint density at radius 1 is 1.15 bits per heavy atom. The van der Waals surface area contributed by atoms with Crippen LogP contribution in [0, 0.1) is 11.8 Å². The first kappa shape index (κ1) is 24.4. The molecule has 178 valence electrons. The number of carbonyl (C=O) groups is 3. The van der Waals surface area contributed by atoms with Gasteiger partial charge in [0.2, 0.25) is 0 Å². The summed E-state index contributed by atoms with van der Waals surface area (Å²) in [6.45, 7) is 5.78. The molecule has 0 aromatic heterocycles. The van der Waals surface area contributed by atoms with Crippen LogP contribution in [0.15, 0.2) is 40.7 Å². The lowest BCUT2D eigenvalue weighted by molar-refractivity contribution is -0.151. The van der Waals surface area contributed by atoms with E-state index in [0.717, 1.165) is 0 Å². The van der Waals surface area contributed by atoms with Crippen molar-refractivity contribution < 1.29 is 33.3 Å². The van der Waals surface area contributed by atoms with E-state index in [0.29, 0.717) is 52.4 Å². The normalized spacial score (nSPS) is 22.4. The fourth-order valence-corrected chi connectivity index (χ4v) is 4.67. The van der Waals surface area contributed by atoms with Crippen LogP contribution in [0.2, 0.25) is 0 Å². The Hall–Kier alpha value is -3.29. The fraction of sp³-hybridized carbons (Fsp3) is 0.480. The standard InChI is InChI=1S/C25H31NO7/c1-7-11-33-25(29)19-14(3)26-16-12-13(2)18(24(28)32-6)22(27)21(16)20(19)15-9-8-10-17(30-4)23(15)31-5/h8-10,13,18,20,26H,7,11-12H2,1-6H3/t13-,18+,20+/m1/s1. The van der Waals surface area contributed by atoms with Gasteiger partial charge in [-0.25, -0.2) is 4.79 Å². The van der Waals surface area contributed by atoms with Crippen LogP contribution in [0.1, 0.15) is 45.1 Å². The smallest absolute Gasteiger partial charge is 0.336 e. The number of nitrogens with one attached hydrogen (secondary N) is 1. The first-order valence-electron chi connectivity index (χ1n) is 11.0. The lowest BCUT2D eigenvalue weighted by Gasteiger charge is -2.38. The van der Waals surface area contributed by atoms with Gasteiger partial charge in [-0.05, 0) is 31.7 Å². The van der Waals surface area contributed by atoms with E-state index in [1.807, 2.05) is 13.8 Å². The second-order valence-electron chi connectivity index (χ2n) is 8.25. The van der Waals surface area contributed by atoms with E-state index in [9.17, 15) is 14.4 Å². The van der Waals surface area contributed by atoms with Gasteiger partial charge in [-0.15, -0.1) is 0 Å². The maximum absolute atomic E-state index is 13.8. The first-order valence-corrected chi connectivity index (χ1v) is 11.0. The number of Topliss-reactive ketones (excluding diaryl/α,β-unsaturated/α-hetero) is 1. The number of hydrogen-bond acceptors (Lipinski definition) is 8. The number of benzene rings is 1. The number of methoxy groups -OCH3 is 3. The number of allylic oxidation sites excluding steroid dienone is 3. The van der Waals surface area contributed by atoms with Gasteiger partial charge in [0.25, 0.3) is 0 Å². The molecule has 0 spiro atoms. The van der Waals surface area contributed by atoms with E-state index in [1.165, 1.54) is 21.3 Å². The molecule has 1 aromatic carbocycles. The molecule has 0 bridgehead atoms. The Morgan fingerprint density at radius 3 is 2.48 bits per heavy atom. The highest BCUT2D eigenvalue weighted by Crippen LogP contribution is 2.49. The molecule has 3 rings (SSSR count). The molecular formula is C25H31NO7. The third kappa shape index (κ3) is 4.34. The van der Waals surface area contributed by atoms with Crippen molar-refractivity contribution in [1.82, 2.24) is 5.32 Å². The molecular weight excluding hydrogens is 426 g/mol. The van der Waals surface area contributed by atoms with Crippen molar-refractivity contribution in [2.45, 2.75) is 39.5 Å². The number of ether oxygens (including phenoxy) is 4. The second kappa shape index (κ2) is 10.1. The number of para-hydroxylation sites is 1. The monoisotopic (exact) mass is 457 g/mol. The minimum absolute atomic E-state index is 0.249. The molecule has 3 atom stereocenters. The van der Waals surface area contributed by atoms with Crippen molar-refractivity contribution in [1.29, 1.82) is 0 Å². The zero-order valence-corrected chi connectivity index (χ0v) is 19.9. The number of dihydropyridines is 1. The zero-order chi connectivity index (χ0) is 24.3. The average Bonchev–Trinajstić information content (AvgIpc) is 2.80. The maximum atomic E-state index is 13.8. The van der Waals surface area contributed by atoms with Crippen molar-refractivity contribution in [3.8, 4) is 11.5 Å². The molecule has 8 heteroatoms. The summed E-state index contributed by atoms with van der Waals surface area (Å²) in [6.07, 6.45) is 1.12. The summed E-state index contributed by atoms with van der Waals surface area (Å²) in [4.78, 5) is 39.5. The third-order valence-corrected chi connectivity index (χ3v) is 6.14. The van der Waals surface area contributed by atoms with Gasteiger partial charge in [-0.3, -0.25) is 9.59 Å². The van der Waals surface area contributed by atoms with E-state index < -0.39 is 23.8 Å². The van der Waals surface area contributed by atoms with Gasteiger partial charge in [0.1, 0.15) is 5.92 Å². The molecule has 0 unspecified atom stereocenters. The summed E-state index contributed by atoms with van der Waals surface area (Å²) < 4.78 is 21.5. The zero-order valence-electron chi connectivity index (χ0n) is 19.9. The number of carbonyl (C=O) groups excluding carboxylic acids is 3. The van der Waals surface area contributed by atoms with Crippen LogP contribution < -0.4 is 14.8 Å². The molecule has 0 saturated heterocycles. The van der Waals surface area contributed by atoms with E-state index >= 15 is 0 Å². The molecule has 2 aliphatic rings. The number of esters is 2. The molecule has 1 aliphatic carbocycles. The average molecular weight is 458 g/mol. The van der Waals surface area contributed by atoms with Gasteiger partial charge in [-0.1, -0.05) is 26.0 Å². The molecule has 1 N–H and O–H groups in total. The highest BCUT2D eigenvalue weighted by atomic mass is 16.5. The topological polar surface area (TPSA) is 100 Å². The van der Waals surface area contributed by atoms with Crippen LogP contribution in [0.25, 0.3) is 0 Å². The summed E-state index contributed by atoms with van der Waals surface area (Å²) in [7, 11) is 4.30. The van der Waals surface area contributed by atoms with E-state index in [-0.39, 0.29) is 18.3 Å². The SMILES string of the molecule is CCCOC(=O)C1=C(C)NC2=C(C(=O)[C@@H](C(=O)OC)[C@H](C)C2)[C@H]1c1cccc(OC)c1OC. The summed E-state index contributed by atoms with van der Waals surface area (Å²) in [5, 5.41) is 3.24. The van der Waals surface area contributed by atoms with Crippen LogP contribution in [-0.2, 0) is 23.9 Å². The van der Waals surface area contributed by atoms with Gasteiger partial charge in [0, 0.05) is 22.5 Å². The third-order valence-electron chi connectivity index (χ3n) is 6.14. The second-order valence-corrected chi connectivity index (χ2v) is 8.25. The van der Waals surface area contributed by atoms with Gasteiger partial charge >= 0.3 is 11.9 Å². The quantitative estimate of drug-likeness (QED) is 0.492. The van der Waals surface area contributed by atoms with Crippen LogP contribution in [0.3, 0.4) is 0 Å². The molecule has 1 heterocycles. The van der Waals surface area contributed by atoms with Crippen molar-refractivity contribution in [2.75, 3.05) is 27.9 Å². The van der Waals surface area contributed by atoms with Crippen LogP contribution in [0.4, 0.5) is 0 Å². The van der Waals surface area contributed by atoms with Crippen molar-refractivity contribution in [3.63, 3.8) is 0 Å². The molecule has 0 amide bonds. The number of ketones is 1. The van der Waals surface area contributed by atoms with Crippen LogP contribution in [0.5, 0.6) is 11.5 Å². The summed E-state index contributed by atoms with van der Waals surface area (Å²) >= 11 is 0. The van der Waals surface area contributed by atoms with Crippen molar-refractivity contribution >= 4 is 17.7 Å². The Morgan fingerprint density at radius 2 is 1.88 bits per heavy atom. The maximum Gasteiger partial charge on any atom is 0.336 e. The Labute approximate surface area is 193 Å². The van der Waals surface area contributed by atoms with Crippen molar-refractivity contribution in [3.05, 3.63) is 46.3 Å². The molecule has 1 aliphatic heterocycles. The predicted molar refractivity (Wildman–Crippen MR) is 121 cm³/mol. The van der Waals surface area contributed by atoms with E-state index in [1.54, 1.807) is 25.1 Å². The van der Waals surface area contributed by atoms with Crippen LogP contribution in [-0.4, -0.2) is 45.7 Å². The minimum atomic E-state index is -0.957. The van der Waals surface area contributed by atoms with Crippen molar-refractivity contribution in [2.24, 2.45) is 11.8 Å². The fourth-order valence-electron chi connectivity index (χ4n) is 4.67. The number of hydrogen-bond donors (Lipinski definition) is 1. The number of rotatable bonds is 7. The van der Waals surface area contributed by atoms with Gasteiger partial charge in [-0.2, -0.15) is 0 Å². The van der Waals surface area contributed by atoms with Gasteiger partial charge < -0.3 is 24.3 Å². The highest BCUT2D eigenvalue weighted by molar-refractivity contribution is 6.12. The van der Waals surface area contributed by atoms with Gasteiger partial charge in [0.05, 0.1) is 39.4 Å². The molecule has 0 fully saturated rings. The molecule has 0 saturated carbocycles. The van der Waals surface area contributed by atoms with E-state index in [2.05, 4.69) is 5.32 Å². The Kier molecular flexibility index (Phi) is 7.46. The molecule has 0 radical (unpaired) electrons. The van der Waals surface area contributed by atoms with Gasteiger partial charge in [0.15, 0.2) is 17.3 Å². The largest absolute Gasteiger partial charge is 0.493 e. The minimum Gasteiger partial charge on any atom is -0.493 e. The van der Waals surface area contributed by atoms with Crippen LogP contribution >= 0.6 is 0 Å².